The van der Waals surface area contributed by atoms with Gasteiger partial charge in [0.2, 0.25) is 0 Å². The predicted molar refractivity (Wildman–Crippen MR) is 119 cm³/mol. The fourth-order valence-electron chi connectivity index (χ4n) is 2.46. The van der Waals surface area contributed by atoms with E-state index in [1.54, 1.807) is 11.3 Å². The number of thiophene rings is 1. The standard InChI is InChI=1S/C19H28N4S.HI/c1-5-21-18(22-11-9-16-8-10-20-13-15(16)2)23-14-19(3,4)17-7-6-12-24-17;/h6-8,10,12-13H,5,9,11,14H2,1-4H3,(H2,21,22,23);1H. The molecule has 0 unspecified atom stereocenters. The topological polar surface area (TPSA) is 49.3 Å². The number of pyridine rings is 1. The molecule has 0 aliphatic rings. The molecule has 4 nitrogen and oxygen atoms in total. The third kappa shape index (κ3) is 6.93. The number of nitrogens with zero attached hydrogens (tertiary/aromatic N) is 2. The van der Waals surface area contributed by atoms with Gasteiger partial charge >= 0.3 is 0 Å². The lowest BCUT2D eigenvalue weighted by Crippen LogP contribution is -2.39. The number of aryl methyl sites for hydroxylation is 1. The van der Waals surface area contributed by atoms with Crippen molar-refractivity contribution < 1.29 is 0 Å². The van der Waals surface area contributed by atoms with E-state index in [0.29, 0.717) is 0 Å². The summed E-state index contributed by atoms with van der Waals surface area (Å²) in [6.07, 6.45) is 4.73. The van der Waals surface area contributed by atoms with Gasteiger partial charge in [-0.1, -0.05) is 19.9 Å². The van der Waals surface area contributed by atoms with Crippen molar-refractivity contribution in [3.8, 4) is 0 Å². The quantitative estimate of drug-likeness (QED) is 0.362. The number of rotatable bonds is 7. The highest BCUT2D eigenvalue weighted by atomic mass is 127. The summed E-state index contributed by atoms with van der Waals surface area (Å²) in [5, 5.41) is 8.89. The van der Waals surface area contributed by atoms with Gasteiger partial charge < -0.3 is 10.6 Å². The molecule has 0 aliphatic heterocycles. The molecule has 0 saturated carbocycles. The Hall–Kier alpha value is -1.15. The van der Waals surface area contributed by atoms with Crippen LogP contribution in [0.2, 0.25) is 0 Å². The van der Waals surface area contributed by atoms with Crippen molar-refractivity contribution in [3.05, 3.63) is 52.0 Å². The molecule has 0 spiro atoms. The van der Waals surface area contributed by atoms with Gasteiger partial charge in [0.05, 0.1) is 6.54 Å². The van der Waals surface area contributed by atoms with E-state index in [4.69, 9.17) is 4.99 Å². The molecule has 0 saturated heterocycles. The molecule has 25 heavy (non-hydrogen) atoms. The van der Waals surface area contributed by atoms with Crippen LogP contribution >= 0.6 is 35.3 Å². The van der Waals surface area contributed by atoms with Crippen molar-refractivity contribution in [1.29, 1.82) is 0 Å². The highest BCUT2D eigenvalue weighted by molar-refractivity contribution is 14.0. The van der Waals surface area contributed by atoms with E-state index < -0.39 is 0 Å². The fraction of sp³-hybridized carbons (Fsp3) is 0.474. The SMILES string of the molecule is CCNC(=NCC(C)(C)c1cccs1)NCCc1ccncc1C.I. The maximum absolute atomic E-state index is 4.78. The van der Waals surface area contributed by atoms with Crippen molar-refractivity contribution in [2.45, 2.75) is 39.5 Å². The Kier molecular flexibility index (Phi) is 9.42. The Bertz CT molecular complexity index is 653. The van der Waals surface area contributed by atoms with Crippen molar-refractivity contribution in [1.82, 2.24) is 15.6 Å². The van der Waals surface area contributed by atoms with E-state index in [9.17, 15) is 0 Å². The second kappa shape index (κ2) is 10.8. The summed E-state index contributed by atoms with van der Waals surface area (Å²) in [6.45, 7) is 11.2. The minimum absolute atomic E-state index is 0. The first kappa shape index (κ1) is 21.9. The molecular formula is C19H29IN4S. The second-order valence-electron chi connectivity index (χ2n) is 6.54. The average molecular weight is 472 g/mol. The van der Waals surface area contributed by atoms with Gasteiger partial charge in [0, 0.05) is 35.8 Å². The van der Waals surface area contributed by atoms with Crippen LogP contribution in [0.15, 0.2) is 41.0 Å². The van der Waals surface area contributed by atoms with Crippen LogP contribution in [0.3, 0.4) is 0 Å². The van der Waals surface area contributed by atoms with Crippen LogP contribution in [0.5, 0.6) is 0 Å². The molecule has 0 aromatic carbocycles. The zero-order chi connectivity index (χ0) is 17.4. The molecule has 0 bridgehead atoms. The molecule has 0 radical (unpaired) electrons. The van der Waals surface area contributed by atoms with Crippen LogP contribution in [-0.2, 0) is 11.8 Å². The third-order valence-electron chi connectivity index (χ3n) is 3.99. The first-order valence-electron chi connectivity index (χ1n) is 8.48. The first-order valence-corrected chi connectivity index (χ1v) is 9.36. The van der Waals surface area contributed by atoms with Crippen LogP contribution in [0.25, 0.3) is 0 Å². The van der Waals surface area contributed by atoms with Gasteiger partial charge in [0.1, 0.15) is 0 Å². The van der Waals surface area contributed by atoms with E-state index in [1.165, 1.54) is 16.0 Å². The molecular weight excluding hydrogens is 443 g/mol. The zero-order valence-corrected chi connectivity index (χ0v) is 18.7. The highest BCUT2D eigenvalue weighted by Gasteiger charge is 2.21. The highest BCUT2D eigenvalue weighted by Crippen LogP contribution is 2.27. The molecule has 2 heterocycles. The van der Waals surface area contributed by atoms with E-state index in [2.05, 4.69) is 66.9 Å². The second-order valence-corrected chi connectivity index (χ2v) is 7.48. The summed E-state index contributed by atoms with van der Waals surface area (Å²) in [7, 11) is 0. The van der Waals surface area contributed by atoms with Crippen molar-refractivity contribution in [2.75, 3.05) is 19.6 Å². The molecule has 0 amide bonds. The van der Waals surface area contributed by atoms with Gasteiger partial charge in [0.15, 0.2) is 5.96 Å². The molecule has 2 rings (SSSR count). The Morgan fingerprint density at radius 2 is 2.08 bits per heavy atom. The van der Waals surface area contributed by atoms with E-state index >= 15 is 0 Å². The molecule has 2 N–H and O–H groups in total. The van der Waals surface area contributed by atoms with Gasteiger partial charge in [-0.25, -0.2) is 0 Å². The Morgan fingerprint density at radius 1 is 1.28 bits per heavy atom. The Morgan fingerprint density at radius 3 is 2.72 bits per heavy atom. The molecule has 2 aromatic rings. The molecule has 6 heteroatoms. The minimum atomic E-state index is 0. The van der Waals surface area contributed by atoms with Gasteiger partial charge in [-0.2, -0.15) is 0 Å². The van der Waals surface area contributed by atoms with E-state index in [-0.39, 0.29) is 29.4 Å². The number of hydrogen-bond acceptors (Lipinski definition) is 3. The first-order chi connectivity index (χ1) is 11.5. The minimum Gasteiger partial charge on any atom is -0.357 e. The summed E-state index contributed by atoms with van der Waals surface area (Å²) in [4.78, 5) is 10.3. The summed E-state index contributed by atoms with van der Waals surface area (Å²) in [5.41, 5.74) is 2.62. The number of aliphatic imine (C=N–C) groups is 1. The third-order valence-corrected chi connectivity index (χ3v) is 5.22. The van der Waals surface area contributed by atoms with Crippen LogP contribution in [0, 0.1) is 6.92 Å². The number of guanidine groups is 1. The predicted octanol–water partition coefficient (Wildman–Crippen LogP) is 4.14. The Labute approximate surface area is 172 Å². The summed E-state index contributed by atoms with van der Waals surface area (Å²) in [6, 6.07) is 6.37. The summed E-state index contributed by atoms with van der Waals surface area (Å²) < 4.78 is 0. The number of aromatic nitrogens is 1. The summed E-state index contributed by atoms with van der Waals surface area (Å²) in [5.74, 6) is 0.883. The van der Waals surface area contributed by atoms with Gasteiger partial charge in [-0.15, -0.1) is 35.3 Å². The molecule has 0 fully saturated rings. The van der Waals surface area contributed by atoms with Gasteiger partial charge in [0.25, 0.3) is 0 Å². The number of halogens is 1. The van der Waals surface area contributed by atoms with Crippen LogP contribution in [-0.4, -0.2) is 30.6 Å². The molecule has 0 aliphatic carbocycles. The van der Waals surface area contributed by atoms with E-state index in [1.807, 2.05) is 12.4 Å². The molecule has 0 atom stereocenters. The number of nitrogens with one attached hydrogen (secondary N) is 2. The smallest absolute Gasteiger partial charge is 0.191 e. The largest absolute Gasteiger partial charge is 0.357 e. The van der Waals surface area contributed by atoms with Crippen molar-refractivity contribution in [3.63, 3.8) is 0 Å². The fourth-order valence-corrected chi connectivity index (χ4v) is 3.30. The maximum atomic E-state index is 4.78. The summed E-state index contributed by atoms with van der Waals surface area (Å²) >= 11 is 1.80. The van der Waals surface area contributed by atoms with Crippen LogP contribution in [0.4, 0.5) is 0 Å². The Balaban J connectivity index is 0.00000312. The van der Waals surface area contributed by atoms with Crippen molar-refractivity contribution in [2.24, 2.45) is 4.99 Å². The van der Waals surface area contributed by atoms with E-state index in [0.717, 1.165) is 32.0 Å². The lowest BCUT2D eigenvalue weighted by molar-refractivity contribution is 0.548. The monoisotopic (exact) mass is 472 g/mol. The molecule has 138 valence electrons. The van der Waals surface area contributed by atoms with Crippen LogP contribution < -0.4 is 10.6 Å². The van der Waals surface area contributed by atoms with Gasteiger partial charge in [-0.05, 0) is 48.9 Å². The normalized spacial score (nSPS) is 11.8. The lowest BCUT2D eigenvalue weighted by Gasteiger charge is -2.22. The van der Waals surface area contributed by atoms with Gasteiger partial charge in [-0.3, -0.25) is 9.98 Å². The maximum Gasteiger partial charge on any atom is 0.191 e. The zero-order valence-electron chi connectivity index (χ0n) is 15.5. The number of hydrogen-bond donors (Lipinski definition) is 2. The lowest BCUT2D eigenvalue weighted by atomic mass is 9.92. The average Bonchev–Trinajstić information content (AvgIpc) is 3.10. The molecule has 2 aromatic heterocycles. The van der Waals surface area contributed by atoms with Crippen molar-refractivity contribution >= 4 is 41.3 Å². The van der Waals surface area contributed by atoms with Crippen LogP contribution in [0.1, 0.15) is 36.8 Å².